The number of nitrogens with zero attached hydrogens (tertiary/aromatic N) is 1. The fourth-order valence-electron chi connectivity index (χ4n) is 2.01. The Morgan fingerprint density at radius 1 is 1.38 bits per heavy atom. The van der Waals surface area contributed by atoms with Crippen LogP contribution in [0.1, 0.15) is 29.9 Å². The minimum atomic E-state index is -0.602. The van der Waals surface area contributed by atoms with Crippen LogP contribution in [0.4, 0.5) is 5.13 Å². The number of nitrogens with one attached hydrogen (secondary N) is 1. The zero-order valence-electron chi connectivity index (χ0n) is 13.7. The third kappa shape index (κ3) is 4.59. The van der Waals surface area contributed by atoms with Crippen molar-refractivity contribution in [2.24, 2.45) is 0 Å². The maximum absolute atomic E-state index is 12.2. The summed E-state index contributed by atoms with van der Waals surface area (Å²) in [4.78, 5) is 29.0. The van der Waals surface area contributed by atoms with Gasteiger partial charge in [0.25, 0.3) is 5.91 Å². The molecule has 2 aromatic rings. The maximum atomic E-state index is 12.2. The minimum Gasteiger partial charge on any atom is -0.368 e. The molecule has 0 bridgehead atoms. The van der Waals surface area contributed by atoms with Gasteiger partial charge in [0.15, 0.2) is 10.9 Å². The molecule has 2 rings (SSSR count). The van der Waals surface area contributed by atoms with E-state index >= 15 is 0 Å². The number of rotatable bonds is 8. The topological polar surface area (TPSA) is 68.3 Å². The molecule has 0 spiro atoms. The molecule has 0 saturated carbocycles. The molecule has 6 heteroatoms. The van der Waals surface area contributed by atoms with E-state index in [1.165, 1.54) is 18.3 Å². The smallest absolute Gasteiger partial charge is 0.254 e. The molecule has 1 N–H and O–H groups in total. The summed E-state index contributed by atoms with van der Waals surface area (Å²) in [5.74, 6) is -0.371. The first-order valence-electron chi connectivity index (χ1n) is 7.63. The predicted molar refractivity (Wildman–Crippen MR) is 96.4 cm³/mol. The first kappa shape index (κ1) is 18.0. The Labute approximate surface area is 145 Å². The average Bonchev–Trinajstić information content (AvgIpc) is 3.00. The fraction of sp³-hybridized carbons (Fsp3) is 0.278. The number of Topliss-reactive ketones (excluding diaryl/α,β-unsaturated/α-hetero) is 1. The molecule has 0 aliphatic carbocycles. The Kier molecular flexibility index (Phi) is 6.40. The molecule has 1 atom stereocenters. The van der Waals surface area contributed by atoms with Crippen LogP contribution in [0.3, 0.4) is 0 Å². The third-order valence-corrected chi connectivity index (χ3v) is 4.35. The first-order valence-corrected chi connectivity index (χ1v) is 8.45. The minimum absolute atomic E-state index is 0.0814. The van der Waals surface area contributed by atoms with E-state index < -0.39 is 6.10 Å². The van der Waals surface area contributed by atoms with Gasteiger partial charge in [-0.1, -0.05) is 47.7 Å². The van der Waals surface area contributed by atoms with Crippen molar-refractivity contribution in [2.75, 3.05) is 11.9 Å². The lowest BCUT2D eigenvalue weighted by atomic mass is 10.1. The van der Waals surface area contributed by atoms with Crippen molar-refractivity contribution in [3.63, 3.8) is 0 Å². The van der Waals surface area contributed by atoms with Crippen molar-refractivity contribution in [1.82, 2.24) is 4.98 Å². The van der Waals surface area contributed by atoms with Crippen molar-refractivity contribution in [3.8, 4) is 11.3 Å². The van der Waals surface area contributed by atoms with Gasteiger partial charge in [-0.3, -0.25) is 14.9 Å². The molecule has 5 nitrogen and oxygen atoms in total. The molecule has 0 aliphatic rings. The van der Waals surface area contributed by atoms with Gasteiger partial charge in [-0.2, -0.15) is 0 Å². The van der Waals surface area contributed by atoms with E-state index in [0.29, 0.717) is 28.7 Å². The molecule has 126 valence electrons. The summed E-state index contributed by atoms with van der Waals surface area (Å²) in [5.41, 5.74) is 1.43. The summed E-state index contributed by atoms with van der Waals surface area (Å²) in [6.07, 6.45) is 1.81. The van der Waals surface area contributed by atoms with Gasteiger partial charge in [0.05, 0.1) is 17.2 Å². The number of benzene rings is 1. The van der Waals surface area contributed by atoms with E-state index in [0.717, 1.165) is 5.56 Å². The second-order valence-corrected chi connectivity index (χ2v) is 6.20. The van der Waals surface area contributed by atoms with Crippen LogP contribution < -0.4 is 5.32 Å². The summed E-state index contributed by atoms with van der Waals surface area (Å²) < 4.78 is 5.41. The highest BCUT2D eigenvalue weighted by molar-refractivity contribution is 7.18. The van der Waals surface area contributed by atoms with Gasteiger partial charge >= 0.3 is 0 Å². The third-order valence-electron chi connectivity index (χ3n) is 3.28. The highest BCUT2D eigenvalue weighted by atomic mass is 32.1. The second kappa shape index (κ2) is 8.52. The molecule has 0 fully saturated rings. The zero-order valence-corrected chi connectivity index (χ0v) is 14.6. The van der Waals surface area contributed by atoms with Crippen LogP contribution >= 0.6 is 11.3 Å². The van der Waals surface area contributed by atoms with Gasteiger partial charge in [0.1, 0.15) is 6.10 Å². The Morgan fingerprint density at radius 2 is 2.08 bits per heavy atom. The van der Waals surface area contributed by atoms with Crippen LogP contribution in [0.2, 0.25) is 0 Å². The molecule has 1 heterocycles. The molecule has 0 radical (unpaired) electrons. The van der Waals surface area contributed by atoms with E-state index in [-0.39, 0.29) is 11.7 Å². The number of hydrogen-bond acceptors (Lipinski definition) is 5. The molecule has 1 aromatic carbocycles. The van der Waals surface area contributed by atoms with Crippen molar-refractivity contribution in [1.29, 1.82) is 0 Å². The molecule has 1 amide bonds. The van der Waals surface area contributed by atoms with E-state index in [1.807, 2.05) is 30.3 Å². The molecule has 1 unspecified atom stereocenters. The number of anilines is 1. The number of carbonyl (C=O) groups is 2. The van der Waals surface area contributed by atoms with Crippen molar-refractivity contribution < 1.29 is 14.3 Å². The summed E-state index contributed by atoms with van der Waals surface area (Å²) in [7, 11) is 0. The van der Waals surface area contributed by atoms with E-state index in [1.54, 1.807) is 13.0 Å². The molecular formula is C18H20N2O3S. The van der Waals surface area contributed by atoms with Crippen molar-refractivity contribution in [2.45, 2.75) is 26.4 Å². The normalized spacial score (nSPS) is 11.8. The maximum Gasteiger partial charge on any atom is 0.254 e. The number of hydrogen-bond donors (Lipinski definition) is 1. The van der Waals surface area contributed by atoms with Gasteiger partial charge in [-0.15, -0.1) is 6.58 Å². The van der Waals surface area contributed by atoms with E-state index in [2.05, 4.69) is 16.9 Å². The Bertz CT molecular complexity index is 725. The molecule has 0 aliphatic heterocycles. The summed E-state index contributed by atoms with van der Waals surface area (Å²) in [5, 5.41) is 3.11. The van der Waals surface area contributed by atoms with Crippen LogP contribution in [-0.2, 0) is 9.53 Å². The quantitative estimate of drug-likeness (QED) is 0.447. The van der Waals surface area contributed by atoms with Crippen molar-refractivity contribution >= 4 is 28.2 Å². The molecule has 1 aromatic heterocycles. The Morgan fingerprint density at radius 3 is 2.71 bits per heavy atom. The zero-order chi connectivity index (χ0) is 17.5. The van der Waals surface area contributed by atoms with Gasteiger partial charge < -0.3 is 4.74 Å². The SMILES string of the molecule is C=CCCOC(C)C(=O)Nc1nc(-c2ccccc2)c(C(C)=O)s1. The lowest BCUT2D eigenvalue weighted by Gasteiger charge is -2.11. The van der Waals surface area contributed by atoms with Crippen LogP contribution in [0, 0.1) is 0 Å². The fourth-order valence-corrected chi connectivity index (χ4v) is 2.90. The van der Waals surface area contributed by atoms with Gasteiger partial charge in [-0.05, 0) is 13.3 Å². The average molecular weight is 344 g/mol. The monoisotopic (exact) mass is 344 g/mol. The van der Waals surface area contributed by atoms with E-state index in [9.17, 15) is 9.59 Å². The molecular weight excluding hydrogens is 324 g/mol. The van der Waals surface area contributed by atoms with Crippen LogP contribution in [-0.4, -0.2) is 29.4 Å². The lowest BCUT2D eigenvalue weighted by Crippen LogP contribution is -2.27. The Hall–Kier alpha value is -2.31. The number of ether oxygens (including phenoxy) is 1. The summed E-state index contributed by atoms with van der Waals surface area (Å²) in [6.45, 7) is 7.21. The Balaban J connectivity index is 2.15. The number of aromatic nitrogens is 1. The van der Waals surface area contributed by atoms with Crippen LogP contribution in [0.25, 0.3) is 11.3 Å². The number of carbonyl (C=O) groups excluding carboxylic acids is 2. The highest BCUT2D eigenvalue weighted by Crippen LogP contribution is 2.31. The van der Waals surface area contributed by atoms with Crippen molar-refractivity contribution in [3.05, 3.63) is 47.9 Å². The summed E-state index contributed by atoms with van der Waals surface area (Å²) in [6, 6.07) is 9.43. The molecule has 24 heavy (non-hydrogen) atoms. The molecule has 0 saturated heterocycles. The number of ketones is 1. The van der Waals surface area contributed by atoms with E-state index in [4.69, 9.17) is 4.74 Å². The van der Waals surface area contributed by atoms with Crippen LogP contribution in [0.5, 0.6) is 0 Å². The number of thiazole rings is 1. The number of amides is 1. The van der Waals surface area contributed by atoms with Gasteiger partial charge in [0, 0.05) is 12.5 Å². The van der Waals surface area contributed by atoms with Gasteiger partial charge in [-0.25, -0.2) is 4.98 Å². The largest absolute Gasteiger partial charge is 0.368 e. The van der Waals surface area contributed by atoms with Gasteiger partial charge in [0.2, 0.25) is 0 Å². The first-order chi connectivity index (χ1) is 11.5. The second-order valence-electron chi connectivity index (χ2n) is 5.20. The highest BCUT2D eigenvalue weighted by Gasteiger charge is 2.20. The van der Waals surface area contributed by atoms with Crippen LogP contribution in [0.15, 0.2) is 43.0 Å². The lowest BCUT2D eigenvalue weighted by molar-refractivity contribution is -0.126. The summed E-state index contributed by atoms with van der Waals surface area (Å²) >= 11 is 1.17. The standard InChI is InChI=1S/C18H20N2O3S/c1-4-5-11-23-13(3)17(22)20-18-19-15(16(24-18)12(2)21)14-9-7-6-8-10-14/h4,6-10,13H,1,5,11H2,2-3H3,(H,19,20,22). The predicted octanol–water partition coefficient (Wildman–Crippen LogP) is 3.93.